The molecule has 0 bridgehead atoms. The molecule has 1 aliphatic rings. The van der Waals surface area contributed by atoms with Gasteiger partial charge in [0.2, 0.25) is 5.91 Å². The van der Waals surface area contributed by atoms with E-state index in [1.165, 1.54) is 0 Å². The third-order valence-corrected chi connectivity index (χ3v) is 4.25. The average Bonchev–Trinajstić information content (AvgIpc) is 2.61. The van der Waals surface area contributed by atoms with Crippen molar-refractivity contribution in [2.75, 3.05) is 14.2 Å². The second kappa shape index (κ2) is 6.35. The van der Waals surface area contributed by atoms with Gasteiger partial charge in [0, 0.05) is 7.05 Å². The number of methoxy groups -OCH3 is 1. The number of guanidine groups is 1. The maximum atomic E-state index is 12.0. The lowest BCUT2D eigenvalue weighted by Gasteiger charge is -2.31. The van der Waals surface area contributed by atoms with E-state index in [0.717, 1.165) is 22.4 Å². The van der Waals surface area contributed by atoms with Gasteiger partial charge >= 0.3 is 0 Å². The van der Waals surface area contributed by atoms with Crippen molar-refractivity contribution in [3.8, 4) is 16.9 Å². The Labute approximate surface area is 141 Å². The number of amides is 1. The van der Waals surface area contributed by atoms with Crippen LogP contribution in [0.2, 0.25) is 0 Å². The number of nitrogens with zero attached hydrogens (tertiary/aromatic N) is 1. The minimum absolute atomic E-state index is 0.0383. The average molecular weight is 323 g/mol. The number of benzene rings is 2. The maximum absolute atomic E-state index is 12.0. The highest BCUT2D eigenvalue weighted by molar-refractivity contribution is 5.99. The summed E-state index contributed by atoms with van der Waals surface area (Å²) >= 11 is 0. The van der Waals surface area contributed by atoms with E-state index in [4.69, 9.17) is 4.74 Å². The molecule has 1 atom stereocenters. The van der Waals surface area contributed by atoms with Gasteiger partial charge in [-0.2, -0.15) is 0 Å². The Kier molecular flexibility index (Phi) is 4.25. The lowest BCUT2D eigenvalue weighted by atomic mass is 9.86. The molecule has 2 N–H and O–H groups in total. The molecule has 0 unspecified atom stereocenters. The van der Waals surface area contributed by atoms with Gasteiger partial charge in [0.15, 0.2) is 5.96 Å². The van der Waals surface area contributed by atoms with Gasteiger partial charge in [-0.15, -0.1) is 0 Å². The number of rotatable bonds is 3. The van der Waals surface area contributed by atoms with Crippen molar-refractivity contribution in [1.29, 1.82) is 0 Å². The lowest BCUT2D eigenvalue weighted by Crippen LogP contribution is -2.47. The molecule has 0 saturated heterocycles. The van der Waals surface area contributed by atoms with Crippen molar-refractivity contribution < 1.29 is 9.53 Å². The molecule has 0 radical (unpaired) electrons. The molecule has 5 nitrogen and oxygen atoms in total. The van der Waals surface area contributed by atoms with Crippen LogP contribution in [-0.2, 0) is 10.3 Å². The van der Waals surface area contributed by atoms with Crippen molar-refractivity contribution in [3.63, 3.8) is 0 Å². The van der Waals surface area contributed by atoms with Crippen LogP contribution in [0.25, 0.3) is 11.1 Å². The predicted octanol–water partition coefficient (Wildman–Crippen LogP) is 2.67. The van der Waals surface area contributed by atoms with Gasteiger partial charge in [-0.3, -0.25) is 10.1 Å². The van der Waals surface area contributed by atoms with Crippen molar-refractivity contribution in [1.82, 2.24) is 10.6 Å². The van der Waals surface area contributed by atoms with Gasteiger partial charge in [0.1, 0.15) is 5.75 Å². The Hall–Kier alpha value is -2.82. The number of hydrogen-bond donors (Lipinski definition) is 2. The maximum Gasteiger partial charge on any atom is 0.229 e. The molecule has 2 aromatic rings. The second-order valence-corrected chi connectivity index (χ2v) is 6.02. The summed E-state index contributed by atoms with van der Waals surface area (Å²) < 4.78 is 5.30. The van der Waals surface area contributed by atoms with E-state index < -0.39 is 5.54 Å². The summed E-state index contributed by atoms with van der Waals surface area (Å²) in [5.74, 6) is 1.28. The molecular weight excluding hydrogens is 302 g/mol. The zero-order valence-electron chi connectivity index (χ0n) is 14.1. The summed E-state index contributed by atoms with van der Waals surface area (Å²) in [4.78, 5) is 16.7. The Morgan fingerprint density at radius 3 is 2.58 bits per heavy atom. The number of carbonyl (C=O) groups excluding carboxylic acids is 1. The Morgan fingerprint density at radius 2 is 1.88 bits per heavy atom. The molecule has 0 fully saturated rings. The van der Waals surface area contributed by atoms with E-state index in [1.807, 2.05) is 49.4 Å². The summed E-state index contributed by atoms with van der Waals surface area (Å²) in [5, 5.41) is 5.66. The standard InChI is InChI=1S/C19H21N3O2/c1-19(12-17(23)21-18(20-2)22-19)15-8-4-6-13(10-15)14-7-5-9-16(11-14)24-3/h4-11H,12H2,1-3H3,(H2,20,21,22,23)/t19-/m1/s1. The van der Waals surface area contributed by atoms with Crippen LogP contribution in [-0.4, -0.2) is 26.0 Å². The fraction of sp³-hybridized carbons (Fsp3) is 0.263. The highest BCUT2D eigenvalue weighted by atomic mass is 16.5. The Balaban J connectivity index is 2.02. The summed E-state index contributed by atoms with van der Waals surface area (Å²) in [5.41, 5.74) is 2.55. The van der Waals surface area contributed by atoms with E-state index in [0.29, 0.717) is 12.4 Å². The minimum Gasteiger partial charge on any atom is -0.497 e. The van der Waals surface area contributed by atoms with Crippen molar-refractivity contribution in [2.45, 2.75) is 18.9 Å². The van der Waals surface area contributed by atoms with E-state index >= 15 is 0 Å². The Morgan fingerprint density at radius 1 is 1.17 bits per heavy atom. The number of carbonyl (C=O) groups is 1. The van der Waals surface area contributed by atoms with Crippen molar-refractivity contribution >= 4 is 11.9 Å². The molecule has 1 aliphatic heterocycles. The van der Waals surface area contributed by atoms with Crippen LogP contribution in [0.4, 0.5) is 0 Å². The smallest absolute Gasteiger partial charge is 0.229 e. The van der Waals surface area contributed by atoms with Gasteiger partial charge < -0.3 is 10.1 Å². The minimum atomic E-state index is -0.588. The molecule has 5 heteroatoms. The third kappa shape index (κ3) is 3.11. The molecule has 0 aliphatic carbocycles. The molecule has 0 spiro atoms. The zero-order valence-corrected chi connectivity index (χ0v) is 14.1. The molecule has 1 heterocycles. The first kappa shape index (κ1) is 16.1. The summed E-state index contributed by atoms with van der Waals surface area (Å²) in [7, 11) is 3.41. The Bertz CT molecular complexity index is 801. The zero-order chi connectivity index (χ0) is 17.2. The summed E-state index contributed by atoms with van der Waals surface area (Å²) in [6.07, 6.45) is 0.319. The summed E-state index contributed by atoms with van der Waals surface area (Å²) in [6.45, 7) is 1.98. The molecule has 3 rings (SSSR count). The fourth-order valence-electron chi connectivity index (χ4n) is 2.92. The first-order chi connectivity index (χ1) is 11.5. The molecule has 24 heavy (non-hydrogen) atoms. The van der Waals surface area contributed by atoms with Crippen LogP contribution >= 0.6 is 0 Å². The van der Waals surface area contributed by atoms with Crippen LogP contribution in [0.1, 0.15) is 18.9 Å². The van der Waals surface area contributed by atoms with Gasteiger partial charge in [0.05, 0.1) is 19.1 Å². The highest BCUT2D eigenvalue weighted by Gasteiger charge is 2.33. The van der Waals surface area contributed by atoms with Gasteiger partial charge in [-0.1, -0.05) is 30.3 Å². The van der Waals surface area contributed by atoms with Crippen LogP contribution in [0.15, 0.2) is 53.5 Å². The number of ether oxygens (including phenoxy) is 1. The quantitative estimate of drug-likeness (QED) is 0.913. The van der Waals surface area contributed by atoms with Gasteiger partial charge in [0.25, 0.3) is 0 Å². The molecule has 0 aromatic heterocycles. The van der Waals surface area contributed by atoms with Crippen LogP contribution in [0.5, 0.6) is 5.75 Å². The monoisotopic (exact) mass is 323 g/mol. The van der Waals surface area contributed by atoms with Crippen molar-refractivity contribution in [2.24, 2.45) is 4.99 Å². The predicted molar refractivity (Wildman–Crippen MR) is 95.0 cm³/mol. The van der Waals surface area contributed by atoms with E-state index in [2.05, 4.69) is 21.7 Å². The van der Waals surface area contributed by atoms with Gasteiger partial charge in [-0.25, -0.2) is 4.99 Å². The summed E-state index contributed by atoms with van der Waals surface area (Å²) in [6, 6.07) is 16.1. The van der Waals surface area contributed by atoms with Gasteiger partial charge in [-0.05, 0) is 41.8 Å². The largest absolute Gasteiger partial charge is 0.497 e. The molecule has 124 valence electrons. The number of hydrogen-bond acceptors (Lipinski definition) is 4. The third-order valence-electron chi connectivity index (χ3n) is 4.25. The van der Waals surface area contributed by atoms with E-state index in [-0.39, 0.29) is 5.91 Å². The number of aliphatic imine (C=N–C) groups is 1. The SMILES string of the molecule is CNC1=N[C@@](C)(c2cccc(-c3cccc(OC)c3)c2)CC(=O)N1. The van der Waals surface area contributed by atoms with Crippen LogP contribution < -0.4 is 15.4 Å². The topological polar surface area (TPSA) is 62.7 Å². The van der Waals surface area contributed by atoms with Crippen LogP contribution in [0.3, 0.4) is 0 Å². The first-order valence-electron chi connectivity index (χ1n) is 7.86. The second-order valence-electron chi connectivity index (χ2n) is 6.02. The highest BCUT2D eigenvalue weighted by Crippen LogP contribution is 2.34. The normalized spacial score (nSPS) is 20.1. The molecule has 0 saturated carbocycles. The molecular formula is C19H21N3O2. The molecule has 1 amide bonds. The van der Waals surface area contributed by atoms with E-state index in [9.17, 15) is 4.79 Å². The van der Waals surface area contributed by atoms with Crippen LogP contribution in [0, 0.1) is 0 Å². The fourth-order valence-corrected chi connectivity index (χ4v) is 2.92. The van der Waals surface area contributed by atoms with E-state index in [1.54, 1.807) is 14.2 Å². The lowest BCUT2D eigenvalue weighted by molar-refractivity contribution is -0.121. The first-order valence-corrected chi connectivity index (χ1v) is 7.86. The van der Waals surface area contributed by atoms with Crippen molar-refractivity contribution in [3.05, 3.63) is 54.1 Å². The molecule has 2 aromatic carbocycles. The number of nitrogens with one attached hydrogen (secondary N) is 2.